The number of halogens is 1. The number of hydrogen-bond acceptors (Lipinski definition) is 10. The van der Waals surface area contributed by atoms with Crippen molar-refractivity contribution in [3.05, 3.63) is 54.5 Å². The van der Waals surface area contributed by atoms with E-state index < -0.39 is 11.9 Å². The van der Waals surface area contributed by atoms with Gasteiger partial charge in [-0.1, -0.05) is 6.07 Å². The lowest BCUT2D eigenvalue weighted by Crippen LogP contribution is -2.43. The predicted octanol–water partition coefficient (Wildman–Crippen LogP) is 3.09. The summed E-state index contributed by atoms with van der Waals surface area (Å²) in [7, 11) is 1.56. The summed E-state index contributed by atoms with van der Waals surface area (Å²) in [6.07, 6.45) is 7.76. The molecule has 0 unspecified atom stereocenters. The third-order valence-corrected chi connectivity index (χ3v) is 6.04. The van der Waals surface area contributed by atoms with Gasteiger partial charge in [0.2, 0.25) is 5.82 Å². The molecular weight excluding hydrogens is 477 g/mol. The van der Waals surface area contributed by atoms with E-state index >= 15 is 4.39 Å². The highest BCUT2D eigenvalue weighted by atomic mass is 19.1. The van der Waals surface area contributed by atoms with E-state index in [1.807, 2.05) is 30.5 Å². The third-order valence-electron chi connectivity index (χ3n) is 6.04. The maximum atomic E-state index is 15.6. The summed E-state index contributed by atoms with van der Waals surface area (Å²) in [5.41, 5.74) is 1.71. The van der Waals surface area contributed by atoms with Gasteiger partial charge in [0.05, 0.1) is 36.3 Å². The van der Waals surface area contributed by atoms with Crippen molar-refractivity contribution in [2.24, 2.45) is 0 Å². The molecule has 12 heteroatoms. The van der Waals surface area contributed by atoms with Crippen molar-refractivity contribution in [1.82, 2.24) is 29.5 Å². The zero-order valence-corrected chi connectivity index (χ0v) is 20.5. The zero-order valence-electron chi connectivity index (χ0n) is 20.5. The number of nitrogens with one attached hydrogen (secondary N) is 1. The molecule has 0 amide bonds. The van der Waals surface area contributed by atoms with E-state index in [9.17, 15) is 0 Å². The van der Waals surface area contributed by atoms with Crippen molar-refractivity contribution >= 4 is 17.2 Å². The Balaban J connectivity index is 1.45. The number of methoxy groups -OCH3 is 1. The molecule has 5 heterocycles. The van der Waals surface area contributed by atoms with Crippen molar-refractivity contribution in [3.8, 4) is 23.3 Å². The van der Waals surface area contributed by atoms with Gasteiger partial charge in [0.1, 0.15) is 18.0 Å². The van der Waals surface area contributed by atoms with Crippen LogP contribution in [-0.2, 0) is 4.74 Å². The van der Waals surface area contributed by atoms with E-state index in [2.05, 4.69) is 35.3 Å². The van der Waals surface area contributed by atoms with Crippen LogP contribution in [0.1, 0.15) is 25.5 Å². The Morgan fingerprint density at radius 1 is 1.24 bits per heavy atom. The fourth-order valence-electron chi connectivity index (χ4n) is 4.33. The van der Waals surface area contributed by atoms with Crippen LogP contribution in [0.3, 0.4) is 0 Å². The number of pyridine rings is 1. The van der Waals surface area contributed by atoms with Crippen LogP contribution in [-0.4, -0.2) is 68.5 Å². The van der Waals surface area contributed by atoms with Crippen LogP contribution < -0.4 is 15.0 Å². The Morgan fingerprint density at radius 3 is 2.92 bits per heavy atom. The average molecular weight is 504 g/mol. The molecule has 0 aromatic carbocycles. The Labute approximate surface area is 212 Å². The molecule has 190 valence electrons. The van der Waals surface area contributed by atoms with Crippen molar-refractivity contribution in [2.45, 2.75) is 31.9 Å². The first kappa shape index (κ1) is 24.3. The molecule has 1 aliphatic rings. The second kappa shape index (κ2) is 10.7. The highest BCUT2D eigenvalue weighted by Crippen LogP contribution is 2.30. The molecule has 11 nitrogen and oxygen atoms in total. The van der Waals surface area contributed by atoms with E-state index in [0.29, 0.717) is 23.8 Å². The van der Waals surface area contributed by atoms with Crippen molar-refractivity contribution in [3.63, 3.8) is 0 Å². The summed E-state index contributed by atoms with van der Waals surface area (Å²) in [6.45, 7) is 3.40. The number of nitrogens with zero attached hydrogens (tertiary/aromatic N) is 8. The first-order valence-electron chi connectivity index (χ1n) is 11.9. The second-order valence-corrected chi connectivity index (χ2v) is 8.79. The van der Waals surface area contributed by atoms with E-state index in [0.717, 1.165) is 24.9 Å². The van der Waals surface area contributed by atoms with Gasteiger partial charge in [-0.3, -0.25) is 0 Å². The van der Waals surface area contributed by atoms with Gasteiger partial charge >= 0.3 is 0 Å². The van der Waals surface area contributed by atoms with Crippen molar-refractivity contribution in [1.29, 1.82) is 5.26 Å². The molecule has 0 spiro atoms. The molecule has 4 aromatic heterocycles. The van der Waals surface area contributed by atoms with Crippen LogP contribution in [0.5, 0.6) is 5.88 Å². The number of rotatable bonds is 8. The Hall–Kier alpha value is -4.37. The standard InChI is InChI=1S/C25H26FN9O2/c1-16(15-36-2)37-25-22(26)24(32-23(33-25)19-12-30-35-9-4-3-7-20(19)35)31-17-6-5-8-34(14-17)21-13-28-18(10-27)11-29-21/h3-4,7,9,11-13,16-17H,5-6,8,14-15H2,1-2H3,(H,31,32,33)/t16-,17-/m1/s1. The highest BCUT2D eigenvalue weighted by Gasteiger charge is 2.26. The minimum absolute atomic E-state index is 0.0534. The van der Waals surface area contributed by atoms with Gasteiger partial charge in [-0.2, -0.15) is 19.7 Å². The smallest absolute Gasteiger partial charge is 0.256 e. The minimum atomic E-state index is -0.668. The normalized spacial score (nSPS) is 16.4. The minimum Gasteiger partial charge on any atom is -0.470 e. The molecule has 2 atom stereocenters. The fourth-order valence-corrected chi connectivity index (χ4v) is 4.33. The van der Waals surface area contributed by atoms with Crippen molar-refractivity contribution < 1.29 is 13.9 Å². The molecule has 0 saturated carbocycles. The molecule has 37 heavy (non-hydrogen) atoms. The van der Waals surface area contributed by atoms with Crippen LogP contribution in [0.25, 0.3) is 16.9 Å². The first-order chi connectivity index (χ1) is 18.1. The monoisotopic (exact) mass is 503 g/mol. The molecule has 5 rings (SSSR count). The molecule has 4 aromatic rings. The van der Waals surface area contributed by atoms with Crippen LogP contribution in [0.2, 0.25) is 0 Å². The molecule has 0 bridgehead atoms. The SMILES string of the molecule is COC[C@@H](C)Oc1nc(-c2cnn3ccccc23)nc(N[C@@H]2CCCN(c3cnc(C#N)cn3)C2)c1F. The highest BCUT2D eigenvalue weighted by molar-refractivity contribution is 5.76. The lowest BCUT2D eigenvalue weighted by Gasteiger charge is -2.34. The number of anilines is 2. The van der Waals surface area contributed by atoms with Gasteiger partial charge in [-0.15, -0.1) is 0 Å². The molecule has 0 radical (unpaired) electrons. The van der Waals surface area contributed by atoms with Crippen LogP contribution >= 0.6 is 0 Å². The Morgan fingerprint density at radius 2 is 2.14 bits per heavy atom. The molecule has 1 N–H and O–H groups in total. The van der Waals surface area contributed by atoms with E-state index in [-0.39, 0.29) is 30.0 Å². The summed E-state index contributed by atoms with van der Waals surface area (Å²) in [5.74, 6) is 0.197. The number of hydrogen-bond donors (Lipinski definition) is 1. The molecule has 1 fully saturated rings. The lowest BCUT2D eigenvalue weighted by atomic mass is 10.1. The number of fused-ring (bicyclic) bond motifs is 1. The summed E-state index contributed by atoms with van der Waals surface area (Å²) in [4.78, 5) is 19.5. The summed E-state index contributed by atoms with van der Waals surface area (Å²) >= 11 is 0. The summed E-state index contributed by atoms with van der Waals surface area (Å²) < 4.78 is 28.3. The van der Waals surface area contributed by atoms with E-state index in [1.54, 1.807) is 30.9 Å². The van der Waals surface area contributed by atoms with Gasteiger partial charge in [0.25, 0.3) is 5.88 Å². The van der Waals surface area contributed by atoms with Gasteiger partial charge in [0.15, 0.2) is 17.3 Å². The summed E-state index contributed by atoms with van der Waals surface area (Å²) in [6, 6.07) is 7.52. The third kappa shape index (κ3) is 5.26. The largest absolute Gasteiger partial charge is 0.470 e. The Kier molecular flexibility index (Phi) is 7.04. The predicted molar refractivity (Wildman–Crippen MR) is 134 cm³/mol. The van der Waals surface area contributed by atoms with Gasteiger partial charge < -0.3 is 19.7 Å². The molecule has 1 aliphatic heterocycles. The second-order valence-electron chi connectivity index (χ2n) is 8.79. The molecular formula is C25H26FN9O2. The quantitative estimate of drug-likeness (QED) is 0.383. The number of ether oxygens (including phenoxy) is 2. The average Bonchev–Trinajstić information content (AvgIpc) is 3.35. The maximum absolute atomic E-state index is 15.6. The maximum Gasteiger partial charge on any atom is 0.256 e. The van der Waals surface area contributed by atoms with Gasteiger partial charge in [-0.25, -0.2) is 19.5 Å². The van der Waals surface area contributed by atoms with Crippen LogP contribution in [0.15, 0.2) is 43.0 Å². The topological polar surface area (TPSA) is 126 Å². The van der Waals surface area contributed by atoms with E-state index in [1.165, 1.54) is 6.20 Å². The summed E-state index contributed by atoms with van der Waals surface area (Å²) in [5, 5.41) is 16.6. The van der Waals surface area contributed by atoms with Crippen LogP contribution in [0.4, 0.5) is 16.0 Å². The van der Waals surface area contributed by atoms with Gasteiger partial charge in [-0.05, 0) is 31.9 Å². The lowest BCUT2D eigenvalue weighted by molar-refractivity contribution is 0.0859. The van der Waals surface area contributed by atoms with Crippen LogP contribution in [0, 0.1) is 17.1 Å². The number of piperidine rings is 1. The van der Waals surface area contributed by atoms with Gasteiger partial charge in [0, 0.05) is 32.4 Å². The number of nitriles is 1. The fraction of sp³-hybridized carbons (Fsp3) is 0.360. The molecule has 0 aliphatic carbocycles. The first-order valence-corrected chi connectivity index (χ1v) is 11.9. The molecule has 1 saturated heterocycles. The van der Waals surface area contributed by atoms with Crippen molar-refractivity contribution in [2.75, 3.05) is 37.0 Å². The Bertz CT molecular complexity index is 1420. The zero-order chi connectivity index (χ0) is 25.8. The van der Waals surface area contributed by atoms with E-state index in [4.69, 9.17) is 14.7 Å². The number of aromatic nitrogens is 6.